The number of ether oxygens (including phenoxy) is 3. The van der Waals surface area contributed by atoms with Crippen molar-refractivity contribution in [1.29, 1.82) is 0 Å². The molecule has 0 heterocycles. The summed E-state index contributed by atoms with van der Waals surface area (Å²) in [5.74, 6) is -1.37. The molecule has 9 nitrogen and oxygen atoms in total. The molecule has 0 saturated heterocycles. The van der Waals surface area contributed by atoms with Gasteiger partial charge in [-0.05, 0) is 48.5 Å². The van der Waals surface area contributed by atoms with Crippen molar-refractivity contribution in [1.82, 2.24) is 10.9 Å². The Labute approximate surface area is 209 Å². The molecule has 0 radical (unpaired) electrons. The summed E-state index contributed by atoms with van der Waals surface area (Å²) in [5, 5.41) is 2.64. The number of anilines is 1. The Hall–Kier alpha value is -4.74. The van der Waals surface area contributed by atoms with Gasteiger partial charge in [0.25, 0.3) is 17.7 Å². The van der Waals surface area contributed by atoms with E-state index in [9.17, 15) is 27.6 Å². The molecule has 3 aromatic rings. The molecule has 194 valence electrons. The zero-order chi connectivity index (χ0) is 27.2. The molecule has 3 aromatic carbocycles. The number of hydrogen-bond donors (Lipinski definition) is 3. The van der Waals surface area contributed by atoms with E-state index < -0.39 is 29.5 Å². The number of halogens is 3. The zero-order valence-corrected chi connectivity index (χ0v) is 19.9. The largest absolute Gasteiger partial charge is 0.493 e. The lowest BCUT2D eigenvalue weighted by atomic mass is 10.1. The minimum Gasteiger partial charge on any atom is -0.493 e. The second-order valence-corrected chi connectivity index (χ2v) is 7.44. The van der Waals surface area contributed by atoms with Crippen LogP contribution in [-0.2, 0) is 6.18 Å². The summed E-state index contributed by atoms with van der Waals surface area (Å²) in [6, 6.07) is 12.5. The van der Waals surface area contributed by atoms with Gasteiger partial charge in [-0.3, -0.25) is 25.2 Å². The molecule has 0 aromatic heterocycles. The van der Waals surface area contributed by atoms with Gasteiger partial charge in [-0.15, -0.1) is 0 Å². The molecule has 0 fully saturated rings. The van der Waals surface area contributed by atoms with Crippen LogP contribution in [0.1, 0.15) is 36.6 Å². The molecular formula is C25H22F3N3O6. The smallest absolute Gasteiger partial charge is 0.416 e. The third-order valence-electron chi connectivity index (χ3n) is 5.05. The fourth-order valence-corrected chi connectivity index (χ4v) is 3.25. The highest BCUT2D eigenvalue weighted by atomic mass is 19.4. The summed E-state index contributed by atoms with van der Waals surface area (Å²) in [4.78, 5) is 37.5. The Morgan fingerprint density at radius 2 is 1.22 bits per heavy atom. The summed E-state index contributed by atoms with van der Waals surface area (Å²) in [6.45, 7) is 0. The van der Waals surface area contributed by atoms with E-state index in [0.717, 1.165) is 12.1 Å². The number of methoxy groups -OCH3 is 3. The van der Waals surface area contributed by atoms with Gasteiger partial charge >= 0.3 is 6.18 Å². The number of hydrogen-bond acceptors (Lipinski definition) is 6. The topological polar surface area (TPSA) is 115 Å². The van der Waals surface area contributed by atoms with Crippen molar-refractivity contribution in [2.24, 2.45) is 0 Å². The molecule has 0 aliphatic rings. The van der Waals surface area contributed by atoms with Gasteiger partial charge in [0.1, 0.15) is 0 Å². The van der Waals surface area contributed by atoms with Crippen molar-refractivity contribution in [3.63, 3.8) is 0 Å². The van der Waals surface area contributed by atoms with E-state index in [0.29, 0.717) is 11.8 Å². The van der Waals surface area contributed by atoms with Crippen molar-refractivity contribution in [2.75, 3.05) is 26.6 Å². The van der Waals surface area contributed by atoms with Crippen molar-refractivity contribution in [3.8, 4) is 17.2 Å². The second-order valence-electron chi connectivity index (χ2n) is 7.44. The van der Waals surface area contributed by atoms with Gasteiger partial charge in [0.15, 0.2) is 11.5 Å². The first kappa shape index (κ1) is 26.9. The van der Waals surface area contributed by atoms with Gasteiger partial charge in [-0.25, -0.2) is 0 Å². The molecule has 0 atom stereocenters. The highest BCUT2D eigenvalue weighted by Gasteiger charge is 2.31. The molecule has 0 bridgehead atoms. The van der Waals surface area contributed by atoms with E-state index in [1.807, 2.05) is 0 Å². The van der Waals surface area contributed by atoms with Crippen LogP contribution in [0.15, 0.2) is 60.7 Å². The normalized spacial score (nSPS) is 10.8. The Bertz CT molecular complexity index is 1300. The van der Waals surface area contributed by atoms with Crippen LogP contribution >= 0.6 is 0 Å². The minimum absolute atomic E-state index is 0.0621. The van der Waals surface area contributed by atoms with Crippen LogP contribution in [0.3, 0.4) is 0 Å². The van der Waals surface area contributed by atoms with Crippen LogP contribution in [0.4, 0.5) is 18.9 Å². The maximum absolute atomic E-state index is 12.9. The van der Waals surface area contributed by atoms with Crippen molar-refractivity contribution < 1.29 is 41.8 Å². The van der Waals surface area contributed by atoms with Gasteiger partial charge in [0.2, 0.25) is 5.75 Å². The third kappa shape index (κ3) is 6.48. The van der Waals surface area contributed by atoms with Crippen LogP contribution in [0.25, 0.3) is 0 Å². The highest BCUT2D eigenvalue weighted by Crippen LogP contribution is 2.38. The number of nitrogens with one attached hydrogen (secondary N) is 3. The summed E-state index contributed by atoms with van der Waals surface area (Å²) < 4.78 is 54.3. The first-order chi connectivity index (χ1) is 17.6. The van der Waals surface area contributed by atoms with Crippen LogP contribution in [0, 0.1) is 0 Å². The van der Waals surface area contributed by atoms with Gasteiger partial charge in [-0.2, -0.15) is 13.2 Å². The molecule has 3 rings (SSSR count). The molecule has 0 unspecified atom stereocenters. The summed E-state index contributed by atoms with van der Waals surface area (Å²) in [7, 11) is 4.25. The summed E-state index contributed by atoms with van der Waals surface area (Å²) in [6.07, 6.45) is -4.62. The average molecular weight is 517 g/mol. The lowest BCUT2D eigenvalue weighted by molar-refractivity contribution is -0.137. The maximum atomic E-state index is 12.9. The van der Waals surface area contributed by atoms with E-state index in [1.165, 1.54) is 63.8 Å². The second kappa shape index (κ2) is 11.3. The number of carbonyl (C=O) groups is 3. The van der Waals surface area contributed by atoms with E-state index in [2.05, 4.69) is 16.2 Å². The molecule has 3 N–H and O–H groups in total. The molecule has 0 aliphatic carbocycles. The molecule has 0 saturated carbocycles. The standard InChI is InChI=1S/C25H22F3N3O6/c1-35-19-12-16(13-20(36-2)21(19)37-3)22(32)29-18-9-5-7-15(11-18)24(34)31-30-23(33)14-6-4-8-17(10-14)25(26,27)28/h4-13H,1-3H3,(H,29,32)(H,30,33)(H,31,34). The average Bonchev–Trinajstić information content (AvgIpc) is 2.90. The molecule has 37 heavy (non-hydrogen) atoms. The number of alkyl halides is 3. The maximum Gasteiger partial charge on any atom is 0.416 e. The SMILES string of the molecule is COc1cc(C(=O)Nc2cccc(C(=O)NNC(=O)c3cccc(C(F)(F)F)c3)c2)cc(OC)c1OC. The first-order valence-corrected chi connectivity index (χ1v) is 10.6. The number of amides is 3. The summed E-state index contributed by atoms with van der Waals surface area (Å²) in [5.41, 5.74) is 3.42. The van der Waals surface area contributed by atoms with Gasteiger partial charge in [0.05, 0.1) is 26.9 Å². The highest BCUT2D eigenvalue weighted by molar-refractivity contribution is 6.06. The van der Waals surface area contributed by atoms with Crippen LogP contribution in [0.2, 0.25) is 0 Å². The van der Waals surface area contributed by atoms with E-state index >= 15 is 0 Å². The number of rotatable bonds is 7. The number of benzene rings is 3. The predicted octanol–water partition coefficient (Wildman–Crippen LogP) is 4.06. The van der Waals surface area contributed by atoms with Crippen LogP contribution in [0.5, 0.6) is 17.2 Å². The van der Waals surface area contributed by atoms with Gasteiger partial charge < -0.3 is 19.5 Å². The monoisotopic (exact) mass is 517 g/mol. The van der Waals surface area contributed by atoms with Crippen molar-refractivity contribution >= 4 is 23.4 Å². The lowest BCUT2D eigenvalue weighted by Gasteiger charge is -2.14. The molecule has 3 amide bonds. The van der Waals surface area contributed by atoms with E-state index in [4.69, 9.17) is 14.2 Å². The lowest BCUT2D eigenvalue weighted by Crippen LogP contribution is -2.41. The Morgan fingerprint density at radius 1 is 0.676 bits per heavy atom. The van der Waals surface area contributed by atoms with Crippen LogP contribution in [-0.4, -0.2) is 39.1 Å². The minimum atomic E-state index is -4.62. The third-order valence-corrected chi connectivity index (χ3v) is 5.05. The number of hydrazine groups is 1. The molecule has 0 aliphatic heterocycles. The van der Waals surface area contributed by atoms with Gasteiger partial charge in [0, 0.05) is 22.4 Å². The van der Waals surface area contributed by atoms with E-state index in [1.54, 1.807) is 0 Å². The quantitative estimate of drug-likeness (QED) is 0.408. The van der Waals surface area contributed by atoms with Crippen molar-refractivity contribution in [3.05, 3.63) is 82.9 Å². The zero-order valence-electron chi connectivity index (χ0n) is 19.9. The molecule has 12 heteroatoms. The Kier molecular flexibility index (Phi) is 8.23. The fourth-order valence-electron chi connectivity index (χ4n) is 3.25. The van der Waals surface area contributed by atoms with E-state index in [-0.39, 0.29) is 33.9 Å². The molecule has 0 spiro atoms. The Balaban J connectivity index is 1.69. The number of carbonyl (C=O) groups excluding carboxylic acids is 3. The molecular weight excluding hydrogens is 495 g/mol. The first-order valence-electron chi connectivity index (χ1n) is 10.6. The van der Waals surface area contributed by atoms with Crippen LogP contribution < -0.4 is 30.4 Å². The van der Waals surface area contributed by atoms with Crippen molar-refractivity contribution in [2.45, 2.75) is 6.18 Å². The fraction of sp³-hybridized carbons (Fsp3) is 0.160. The predicted molar refractivity (Wildman–Crippen MR) is 127 cm³/mol. The van der Waals surface area contributed by atoms with Gasteiger partial charge in [-0.1, -0.05) is 12.1 Å². The summed E-state index contributed by atoms with van der Waals surface area (Å²) >= 11 is 0. The Morgan fingerprint density at radius 3 is 1.73 bits per heavy atom.